The molecule has 2 aliphatic rings. The van der Waals surface area contributed by atoms with Gasteiger partial charge in [-0.1, -0.05) is 18.9 Å². The number of hydrogen-bond donors (Lipinski definition) is 3. The Morgan fingerprint density at radius 2 is 1.70 bits per heavy atom. The van der Waals surface area contributed by atoms with Gasteiger partial charge in [0.25, 0.3) is 5.91 Å². The lowest BCUT2D eigenvalue weighted by molar-refractivity contribution is 0.0468. The number of nitrogens with two attached hydrogens (primary N) is 1. The second kappa shape index (κ2) is 14.6. The van der Waals surface area contributed by atoms with Gasteiger partial charge in [0.2, 0.25) is 0 Å². The fraction of sp³-hybridized carbons (Fsp3) is 0.323. The maximum absolute atomic E-state index is 12.8. The normalized spacial score (nSPS) is 11.2. The van der Waals surface area contributed by atoms with Crippen molar-refractivity contribution in [1.29, 1.82) is 5.41 Å². The Hall–Kier alpha value is -3.72. The molecule has 1 aliphatic carbocycles. The average molecular weight is 564 g/mol. The highest BCUT2D eigenvalue weighted by Crippen LogP contribution is 2.41. The first-order valence-corrected chi connectivity index (χ1v) is 13.9. The lowest BCUT2D eigenvalue weighted by Crippen LogP contribution is -2.27. The summed E-state index contributed by atoms with van der Waals surface area (Å²) < 4.78 is 17.1. The quantitative estimate of drug-likeness (QED) is 0.0564. The summed E-state index contributed by atoms with van der Waals surface area (Å²) in [6.45, 7) is 2.37. The smallest absolute Gasteiger partial charge is 0.251 e. The molecule has 0 saturated heterocycles. The van der Waals surface area contributed by atoms with Crippen molar-refractivity contribution >= 4 is 40.5 Å². The number of halogens is 1. The number of unbranched alkanes of at least 4 members (excludes halogenated alkanes) is 3. The van der Waals surface area contributed by atoms with Crippen LogP contribution in [-0.2, 0) is 9.47 Å². The van der Waals surface area contributed by atoms with Crippen LogP contribution in [-0.4, -0.2) is 51.0 Å². The zero-order chi connectivity index (χ0) is 28.3. The van der Waals surface area contributed by atoms with Crippen LogP contribution < -0.4 is 16.4 Å². The van der Waals surface area contributed by atoms with Crippen LogP contribution in [0.3, 0.4) is 0 Å². The second-order valence-corrected chi connectivity index (χ2v) is 9.83. The molecule has 8 nitrogen and oxygen atoms in total. The van der Waals surface area contributed by atoms with E-state index in [1.165, 1.54) is 0 Å². The van der Waals surface area contributed by atoms with Crippen molar-refractivity contribution in [3.63, 3.8) is 0 Å². The van der Waals surface area contributed by atoms with Gasteiger partial charge in [-0.15, -0.1) is 11.6 Å². The van der Waals surface area contributed by atoms with E-state index in [1.54, 1.807) is 48.5 Å². The molecule has 0 atom stereocenters. The average Bonchev–Trinajstić information content (AvgIpc) is 2.96. The molecule has 0 bridgehead atoms. The number of fused-ring (bicyclic) bond motifs is 2. The Labute approximate surface area is 238 Å². The number of nitrogens with one attached hydrogen (secondary N) is 2. The first kappa shape index (κ1) is 29.3. The number of benzene rings is 3. The highest BCUT2D eigenvalue weighted by atomic mass is 35.5. The first-order valence-electron chi connectivity index (χ1n) is 13.4. The van der Waals surface area contributed by atoms with Crippen molar-refractivity contribution in [1.82, 2.24) is 5.32 Å². The van der Waals surface area contributed by atoms with Gasteiger partial charge in [-0.05, 0) is 54.8 Å². The van der Waals surface area contributed by atoms with Gasteiger partial charge in [-0.25, -0.2) is 0 Å². The van der Waals surface area contributed by atoms with Gasteiger partial charge >= 0.3 is 0 Å². The van der Waals surface area contributed by atoms with Crippen LogP contribution in [0.15, 0.2) is 59.0 Å². The molecule has 1 amide bonds. The predicted octanol–water partition coefficient (Wildman–Crippen LogP) is 5.64. The number of carbonyl (C=O) groups is 2. The third kappa shape index (κ3) is 7.47. The highest BCUT2D eigenvalue weighted by Gasteiger charge is 2.20. The summed E-state index contributed by atoms with van der Waals surface area (Å²) in [5, 5.41) is 11.9. The maximum Gasteiger partial charge on any atom is 0.251 e. The highest BCUT2D eigenvalue weighted by molar-refractivity contribution is 6.17. The number of nitrogen functional groups attached to an aromatic ring is 1. The molecule has 0 radical (unpaired) electrons. The Bertz CT molecular complexity index is 1490. The molecule has 1 aliphatic heterocycles. The van der Waals surface area contributed by atoms with Gasteiger partial charge in [-0.2, -0.15) is 0 Å². The summed E-state index contributed by atoms with van der Waals surface area (Å²) in [6.07, 6.45) is 5.04. The molecular formula is C31H34ClN3O5. The van der Waals surface area contributed by atoms with E-state index in [2.05, 4.69) is 5.32 Å². The van der Waals surface area contributed by atoms with Crippen molar-refractivity contribution in [2.75, 3.05) is 44.6 Å². The molecule has 40 heavy (non-hydrogen) atoms. The first-order chi connectivity index (χ1) is 19.5. The van der Waals surface area contributed by atoms with E-state index in [0.717, 1.165) is 48.5 Å². The molecule has 1 heterocycles. The van der Waals surface area contributed by atoms with Crippen LogP contribution in [0.5, 0.6) is 0 Å². The fourth-order valence-corrected chi connectivity index (χ4v) is 4.73. The molecule has 0 fully saturated rings. The number of rotatable bonds is 15. The topological polar surface area (TPSA) is 128 Å². The van der Waals surface area contributed by atoms with Crippen LogP contribution in [0.2, 0.25) is 0 Å². The van der Waals surface area contributed by atoms with Gasteiger partial charge in [0.15, 0.2) is 6.29 Å². The summed E-state index contributed by atoms with van der Waals surface area (Å²) in [6, 6.07) is 15.5. The maximum atomic E-state index is 12.8. The summed E-state index contributed by atoms with van der Waals surface area (Å²) >= 11 is 5.67. The molecular weight excluding hydrogens is 530 g/mol. The van der Waals surface area contributed by atoms with E-state index in [9.17, 15) is 9.59 Å². The molecule has 4 rings (SSSR count). The molecule has 2 aromatic carbocycles. The van der Waals surface area contributed by atoms with Crippen molar-refractivity contribution in [3.8, 4) is 22.5 Å². The van der Waals surface area contributed by atoms with E-state index in [0.29, 0.717) is 77.9 Å². The molecule has 0 saturated carbocycles. The van der Waals surface area contributed by atoms with Gasteiger partial charge in [0.05, 0.1) is 25.2 Å². The summed E-state index contributed by atoms with van der Waals surface area (Å²) in [7, 11) is 0. The number of alkyl halides is 1. The van der Waals surface area contributed by atoms with Crippen LogP contribution >= 0.6 is 11.6 Å². The zero-order valence-electron chi connectivity index (χ0n) is 22.3. The lowest BCUT2D eigenvalue weighted by Gasteiger charge is -2.17. The van der Waals surface area contributed by atoms with Crippen molar-refractivity contribution in [2.24, 2.45) is 0 Å². The Morgan fingerprint density at radius 3 is 2.50 bits per heavy atom. The standard InChI is InChI=1S/C31H34ClN3O5/c32-11-3-1-2-4-13-38-15-16-39-14-12-35-31(37)21-5-8-25(22(17-21)20-36)30-26-9-6-23(33)18-28(26)40-29-19-24(34)7-10-27(29)30/h5-10,17-20,33H,1-4,11-16,34H2,(H,35,37). The van der Waals surface area contributed by atoms with E-state index < -0.39 is 0 Å². The second-order valence-electron chi connectivity index (χ2n) is 9.45. The SMILES string of the molecule is N=c1ccc2c(-c3ccc(C(=O)NCCOCCOCCCCCCCl)cc3C=O)c3ccc(N)cc3oc-2c1. The van der Waals surface area contributed by atoms with Gasteiger partial charge in [-0.3, -0.25) is 9.59 Å². The zero-order valence-corrected chi connectivity index (χ0v) is 23.1. The summed E-state index contributed by atoms with van der Waals surface area (Å²) in [5.41, 5.74) is 9.98. The molecule has 0 unspecified atom stereocenters. The van der Waals surface area contributed by atoms with Gasteiger partial charge in [0.1, 0.15) is 11.3 Å². The van der Waals surface area contributed by atoms with E-state index in [-0.39, 0.29) is 5.91 Å². The monoisotopic (exact) mass is 563 g/mol. The molecule has 210 valence electrons. The minimum atomic E-state index is -0.296. The molecule has 9 heteroatoms. The molecule has 4 N–H and O–H groups in total. The largest absolute Gasteiger partial charge is 0.456 e. The number of hydrogen-bond acceptors (Lipinski definition) is 7. The van der Waals surface area contributed by atoms with Crippen LogP contribution in [0.25, 0.3) is 33.4 Å². The van der Waals surface area contributed by atoms with E-state index in [1.807, 2.05) is 6.07 Å². The number of anilines is 1. The fourth-order valence-electron chi connectivity index (χ4n) is 4.54. The van der Waals surface area contributed by atoms with Gasteiger partial charge < -0.3 is 30.4 Å². The predicted molar refractivity (Wildman–Crippen MR) is 157 cm³/mol. The Kier molecular flexibility index (Phi) is 10.7. The lowest BCUT2D eigenvalue weighted by atomic mass is 9.90. The minimum absolute atomic E-state index is 0.296. The Balaban J connectivity index is 1.39. The van der Waals surface area contributed by atoms with Crippen LogP contribution in [0, 0.1) is 5.41 Å². The molecule has 0 aromatic heterocycles. The third-order valence-corrected chi connectivity index (χ3v) is 6.80. The van der Waals surface area contributed by atoms with Gasteiger partial charge in [0, 0.05) is 64.5 Å². The van der Waals surface area contributed by atoms with Crippen LogP contribution in [0.1, 0.15) is 46.4 Å². The van der Waals surface area contributed by atoms with E-state index >= 15 is 0 Å². The number of amides is 1. The number of aldehydes is 1. The van der Waals surface area contributed by atoms with Crippen molar-refractivity contribution in [3.05, 3.63) is 71.1 Å². The molecule has 0 spiro atoms. The number of carbonyl (C=O) groups excluding carboxylic acids is 2. The summed E-state index contributed by atoms with van der Waals surface area (Å²) in [4.78, 5) is 25.0. The van der Waals surface area contributed by atoms with E-state index in [4.69, 9.17) is 36.6 Å². The molecule has 2 aromatic rings. The number of ether oxygens (including phenoxy) is 2. The van der Waals surface area contributed by atoms with Crippen molar-refractivity contribution < 1.29 is 23.5 Å². The summed E-state index contributed by atoms with van der Waals surface area (Å²) in [5.74, 6) is 0.918. The third-order valence-electron chi connectivity index (χ3n) is 6.53. The minimum Gasteiger partial charge on any atom is -0.456 e. The van der Waals surface area contributed by atoms with Crippen LogP contribution in [0.4, 0.5) is 5.69 Å². The van der Waals surface area contributed by atoms with Crippen molar-refractivity contribution in [2.45, 2.75) is 25.7 Å². The Morgan fingerprint density at radius 1 is 0.925 bits per heavy atom.